The van der Waals surface area contributed by atoms with E-state index in [2.05, 4.69) is 6.07 Å². The van der Waals surface area contributed by atoms with Gasteiger partial charge in [-0.3, -0.25) is 4.79 Å². The number of carbonyl (C=O) groups is 1. The minimum atomic E-state index is -0.0111. The van der Waals surface area contributed by atoms with Crippen LogP contribution in [0.3, 0.4) is 0 Å². The second-order valence-electron chi connectivity index (χ2n) is 4.90. The van der Waals surface area contributed by atoms with Crippen LogP contribution in [0, 0.1) is 13.8 Å². The molecule has 0 radical (unpaired) electrons. The second kappa shape index (κ2) is 6.35. The number of benzene rings is 2. The molecule has 104 valence electrons. The van der Waals surface area contributed by atoms with Crippen molar-refractivity contribution in [1.82, 2.24) is 0 Å². The molecule has 0 heterocycles. The van der Waals surface area contributed by atoms with E-state index >= 15 is 0 Å². The molecule has 0 aliphatic rings. The molecule has 1 amide bonds. The van der Waals surface area contributed by atoms with Crippen molar-refractivity contribution in [3.05, 3.63) is 65.2 Å². The number of aryl methyl sites for hydroxylation is 2. The zero-order valence-corrected chi connectivity index (χ0v) is 12.0. The van der Waals surface area contributed by atoms with Gasteiger partial charge in [-0.2, -0.15) is 0 Å². The summed E-state index contributed by atoms with van der Waals surface area (Å²) < 4.78 is 0. The SMILES string of the molecule is Cc1ccc(N(CCN)C(=O)c2ccccc2)c(C)c1. The van der Waals surface area contributed by atoms with Crippen molar-refractivity contribution in [2.45, 2.75) is 13.8 Å². The molecule has 0 atom stereocenters. The van der Waals surface area contributed by atoms with Crippen LogP contribution in [-0.4, -0.2) is 19.0 Å². The van der Waals surface area contributed by atoms with Gasteiger partial charge >= 0.3 is 0 Å². The minimum absolute atomic E-state index is 0.0111. The molecule has 2 aromatic carbocycles. The third-order valence-corrected chi connectivity index (χ3v) is 3.26. The van der Waals surface area contributed by atoms with Crippen LogP contribution in [-0.2, 0) is 0 Å². The second-order valence-corrected chi connectivity index (χ2v) is 4.90. The van der Waals surface area contributed by atoms with E-state index in [4.69, 9.17) is 5.73 Å². The first-order valence-electron chi connectivity index (χ1n) is 6.77. The fourth-order valence-electron chi connectivity index (χ4n) is 2.31. The Bertz CT molecular complexity index is 593. The van der Waals surface area contributed by atoms with E-state index in [0.29, 0.717) is 18.7 Å². The zero-order valence-electron chi connectivity index (χ0n) is 12.0. The minimum Gasteiger partial charge on any atom is -0.329 e. The maximum absolute atomic E-state index is 12.6. The van der Waals surface area contributed by atoms with Gasteiger partial charge in [-0.05, 0) is 37.6 Å². The molecule has 2 rings (SSSR count). The first-order chi connectivity index (χ1) is 9.63. The number of nitrogens with two attached hydrogens (primary N) is 1. The van der Waals surface area contributed by atoms with Gasteiger partial charge in [-0.15, -0.1) is 0 Å². The van der Waals surface area contributed by atoms with Crippen molar-refractivity contribution in [1.29, 1.82) is 0 Å². The molecule has 3 heteroatoms. The monoisotopic (exact) mass is 268 g/mol. The molecule has 0 saturated carbocycles. The Labute approximate surface area is 120 Å². The quantitative estimate of drug-likeness (QED) is 0.926. The van der Waals surface area contributed by atoms with Gasteiger partial charge in [0.15, 0.2) is 0 Å². The molecule has 0 aromatic heterocycles. The normalized spacial score (nSPS) is 10.3. The smallest absolute Gasteiger partial charge is 0.258 e. The van der Waals surface area contributed by atoms with E-state index in [1.54, 1.807) is 4.90 Å². The summed E-state index contributed by atoms with van der Waals surface area (Å²) in [5.41, 5.74) is 9.55. The Morgan fingerprint density at radius 1 is 1.10 bits per heavy atom. The molecule has 0 spiro atoms. The number of hydrogen-bond acceptors (Lipinski definition) is 2. The largest absolute Gasteiger partial charge is 0.329 e. The number of rotatable bonds is 4. The van der Waals surface area contributed by atoms with E-state index in [0.717, 1.165) is 11.3 Å². The lowest BCUT2D eigenvalue weighted by Gasteiger charge is -2.24. The molecule has 2 aromatic rings. The molecule has 0 aliphatic carbocycles. The number of nitrogens with zero attached hydrogens (tertiary/aromatic N) is 1. The Morgan fingerprint density at radius 2 is 1.80 bits per heavy atom. The molecule has 20 heavy (non-hydrogen) atoms. The third-order valence-electron chi connectivity index (χ3n) is 3.26. The Hall–Kier alpha value is -2.13. The van der Waals surface area contributed by atoms with Crippen LogP contribution in [0.25, 0.3) is 0 Å². The molecule has 2 N–H and O–H groups in total. The summed E-state index contributed by atoms with van der Waals surface area (Å²) in [4.78, 5) is 14.4. The van der Waals surface area contributed by atoms with E-state index in [9.17, 15) is 4.79 Å². The molecule has 0 unspecified atom stereocenters. The molecule has 3 nitrogen and oxygen atoms in total. The van der Waals surface area contributed by atoms with Gasteiger partial charge in [-0.1, -0.05) is 35.9 Å². The van der Waals surface area contributed by atoms with Gasteiger partial charge in [0.2, 0.25) is 0 Å². The first-order valence-corrected chi connectivity index (χ1v) is 6.77. The Morgan fingerprint density at radius 3 is 2.40 bits per heavy atom. The maximum atomic E-state index is 12.6. The summed E-state index contributed by atoms with van der Waals surface area (Å²) >= 11 is 0. The Kier molecular flexibility index (Phi) is 4.53. The molecule has 0 saturated heterocycles. The van der Waals surface area contributed by atoms with Crippen LogP contribution in [0.2, 0.25) is 0 Å². The van der Waals surface area contributed by atoms with Gasteiger partial charge in [-0.25, -0.2) is 0 Å². The van der Waals surface area contributed by atoms with Gasteiger partial charge in [0.05, 0.1) is 0 Å². The fourth-order valence-corrected chi connectivity index (χ4v) is 2.31. The van der Waals surface area contributed by atoms with Crippen molar-refractivity contribution in [2.75, 3.05) is 18.0 Å². The van der Waals surface area contributed by atoms with Crippen molar-refractivity contribution in [2.24, 2.45) is 5.73 Å². The van der Waals surface area contributed by atoms with Gasteiger partial charge in [0, 0.05) is 24.3 Å². The summed E-state index contributed by atoms with van der Waals surface area (Å²) in [5, 5.41) is 0. The average Bonchev–Trinajstić information content (AvgIpc) is 2.46. The van der Waals surface area contributed by atoms with Crippen LogP contribution in [0.4, 0.5) is 5.69 Å². The molecular formula is C17H20N2O. The zero-order chi connectivity index (χ0) is 14.5. The predicted octanol–water partition coefficient (Wildman–Crippen LogP) is 2.91. The maximum Gasteiger partial charge on any atom is 0.258 e. The summed E-state index contributed by atoms with van der Waals surface area (Å²) in [7, 11) is 0. The number of hydrogen-bond donors (Lipinski definition) is 1. The van der Waals surface area contributed by atoms with Crippen molar-refractivity contribution in [3.63, 3.8) is 0 Å². The summed E-state index contributed by atoms with van der Waals surface area (Å²) in [6.45, 7) is 5.01. The van der Waals surface area contributed by atoms with E-state index in [-0.39, 0.29) is 5.91 Å². The first kappa shape index (κ1) is 14.3. The highest BCUT2D eigenvalue weighted by molar-refractivity contribution is 6.06. The van der Waals surface area contributed by atoms with E-state index < -0.39 is 0 Å². The topological polar surface area (TPSA) is 46.3 Å². The highest BCUT2D eigenvalue weighted by Crippen LogP contribution is 2.22. The third kappa shape index (κ3) is 3.06. The van der Waals surface area contributed by atoms with E-state index in [1.807, 2.05) is 56.3 Å². The highest BCUT2D eigenvalue weighted by Gasteiger charge is 2.18. The van der Waals surface area contributed by atoms with Gasteiger partial charge in [0.25, 0.3) is 5.91 Å². The van der Waals surface area contributed by atoms with Crippen LogP contribution in [0.5, 0.6) is 0 Å². The molecule has 0 fully saturated rings. The van der Waals surface area contributed by atoms with Crippen LogP contribution >= 0.6 is 0 Å². The number of amides is 1. The summed E-state index contributed by atoms with van der Waals surface area (Å²) in [6, 6.07) is 15.4. The molecule has 0 aliphatic heterocycles. The predicted molar refractivity (Wildman–Crippen MR) is 83.1 cm³/mol. The average molecular weight is 268 g/mol. The lowest BCUT2D eigenvalue weighted by molar-refractivity contribution is 0.0987. The molecular weight excluding hydrogens is 248 g/mol. The summed E-state index contributed by atoms with van der Waals surface area (Å²) in [6.07, 6.45) is 0. The van der Waals surface area contributed by atoms with Crippen LogP contribution in [0.1, 0.15) is 21.5 Å². The van der Waals surface area contributed by atoms with Gasteiger partial charge in [0.1, 0.15) is 0 Å². The number of carbonyl (C=O) groups excluding carboxylic acids is 1. The van der Waals surface area contributed by atoms with Crippen molar-refractivity contribution >= 4 is 11.6 Å². The fraction of sp³-hybridized carbons (Fsp3) is 0.235. The van der Waals surface area contributed by atoms with Gasteiger partial charge < -0.3 is 10.6 Å². The summed E-state index contributed by atoms with van der Waals surface area (Å²) in [5.74, 6) is -0.0111. The highest BCUT2D eigenvalue weighted by atomic mass is 16.2. The number of anilines is 1. The molecule has 0 bridgehead atoms. The van der Waals surface area contributed by atoms with E-state index in [1.165, 1.54) is 5.56 Å². The van der Waals surface area contributed by atoms with Crippen LogP contribution < -0.4 is 10.6 Å². The van der Waals surface area contributed by atoms with Crippen molar-refractivity contribution in [3.8, 4) is 0 Å². The van der Waals surface area contributed by atoms with Crippen LogP contribution in [0.15, 0.2) is 48.5 Å². The Balaban J connectivity index is 2.38. The standard InChI is InChI=1S/C17H20N2O/c1-13-8-9-16(14(2)12-13)19(11-10-18)17(20)15-6-4-3-5-7-15/h3-9,12H,10-11,18H2,1-2H3. The van der Waals surface area contributed by atoms with Crippen molar-refractivity contribution < 1.29 is 4.79 Å². The lowest BCUT2D eigenvalue weighted by Crippen LogP contribution is -2.35. The lowest BCUT2D eigenvalue weighted by atomic mass is 10.1.